The molecule has 0 aliphatic carbocycles. The number of likely N-dealkylation sites (tertiary alicyclic amines) is 1. The van der Waals surface area contributed by atoms with Gasteiger partial charge in [0.15, 0.2) is 0 Å². The minimum absolute atomic E-state index is 0.0103. The van der Waals surface area contributed by atoms with Gasteiger partial charge in [-0.2, -0.15) is 0 Å². The molecule has 0 aromatic heterocycles. The van der Waals surface area contributed by atoms with E-state index in [4.69, 9.17) is 21.1 Å². The number of benzene rings is 3. The van der Waals surface area contributed by atoms with Crippen LogP contribution in [0, 0.1) is 6.92 Å². The predicted molar refractivity (Wildman–Crippen MR) is 144 cm³/mol. The van der Waals surface area contributed by atoms with E-state index in [0.29, 0.717) is 16.5 Å². The van der Waals surface area contributed by atoms with Crippen molar-refractivity contribution in [2.75, 3.05) is 7.11 Å². The summed E-state index contributed by atoms with van der Waals surface area (Å²) in [6.45, 7) is 8.01. The van der Waals surface area contributed by atoms with Gasteiger partial charge in [-0.15, -0.1) is 0 Å². The van der Waals surface area contributed by atoms with Crippen molar-refractivity contribution in [2.45, 2.75) is 45.9 Å². The number of ketones is 1. The van der Waals surface area contributed by atoms with Crippen molar-refractivity contribution in [3.63, 3.8) is 0 Å². The van der Waals surface area contributed by atoms with E-state index in [1.54, 1.807) is 12.1 Å². The topological polar surface area (TPSA) is 76.1 Å². The summed E-state index contributed by atoms with van der Waals surface area (Å²) in [6, 6.07) is 18.9. The van der Waals surface area contributed by atoms with Gasteiger partial charge in [0.1, 0.15) is 22.9 Å². The number of halogens is 1. The number of nitrogens with zero attached hydrogens (tertiary/aromatic N) is 1. The molecule has 1 heterocycles. The number of aliphatic hydroxyl groups excluding tert-OH is 1. The maximum atomic E-state index is 13.4. The average molecular weight is 520 g/mol. The van der Waals surface area contributed by atoms with Crippen LogP contribution in [0.15, 0.2) is 72.3 Å². The lowest BCUT2D eigenvalue weighted by atomic mass is 9.94. The number of carbonyl (C=O) groups excluding carboxylic acids is 2. The van der Waals surface area contributed by atoms with Gasteiger partial charge in [-0.3, -0.25) is 9.59 Å². The molecule has 7 heteroatoms. The van der Waals surface area contributed by atoms with Gasteiger partial charge in [0, 0.05) is 11.6 Å². The van der Waals surface area contributed by atoms with Gasteiger partial charge in [-0.1, -0.05) is 53.6 Å². The van der Waals surface area contributed by atoms with Crippen LogP contribution in [-0.4, -0.2) is 34.4 Å². The third-order valence-corrected chi connectivity index (χ3v) is 6.25. The van der Waals surface area contributed by atoms with Gasteiger partial charge >= 0.3 is 0 Å². The third-order valence-electron chi connectivity index (χ3n) is 6.01. The molecule has 3 aromatic rings. The van der Waals surface area contributed by atoms with Crippen LogP contribution in [0.5, 0.6) is 11.5 Å². The van der Waals surface area contributed by atoms with E-state index < -0.39 is 17.7 Å². The second kappa shape index (κ2) is 10.3. The highest BCUT2D eigenvalue weighted by molar-refractivity contribution is 6.46. The summed E-state index contributed by atoms with van der Waals surface area (Å²) in [5.74, 6) is -0.740. The SMILES string of the molecule is COc1ccc(Cl)cc1/C(O)=C1\C(=O)C(=O)N(Cc2ccc(OC(C)(C)C)cc2)C1c1cccc(C)c1. The first-order valence-corrected chi connectivity index (χ1v) is 12.3. The number of ether oxygens (including phenoxy) is 2. The van der Waals surface area contributed by atoms with Gasteiger partial charge in [-0.05, 0) is 69.2 Å². The number of rotatable bonds is 6. The highest BCUT2D eigenvalue weighted by Crippen LogP contribution is 2.42. The molecule has 4 rings (SSSR count). The molecule has 0 bridgehead atoms. The fraction of sp³-hybridized carbons (Fsp3) is 0.267. The van der Waals surface area contributed by atoms with Crippen LogP contribution in [0.2, 0.25) is 5.02 Å². The number of aryl methyl sites for hydroxylation is 1. The van der Waals surface area contributed by atoms with Crippen LogP contribution in [-0.2, 0) is 16.1 Å². The maximum Gasteiger partial charge on any atom is 0.295 e. The van der Waals surface area contributed by atoms with Crippen LogP contribution in [0.25, 0.3) is 5.76 Å². The fourth-order valence-electron chi connectivity index (χ4n) is 4.45. The lowest BCUT2D eigenvalue weighted by Gasteiger charge is -2.26. The van der Waals surface area contributed by atoms with Crippen LogP contribution in [0.3, 0.4) is 0 Å². The lowest BCUT2D eigenvalue weighted by Crippen LogP contribution is -2.29. The maximum absolute atomic E-state index is 13.4. The number of aliphatic hydroxyl groups is 1. The zero-order valence-corrected chi connectivity index (χ0v) is 22.3. The van der Waals surface area contributed by atoms with Crippen molar-refractivity contribution in [2.24, 2.45) is 0 Å². The quantitative estimate of drug-likeness (QED) is 0.230. The fourth-order valence-corrected chi connectivity index (χ4v) is 4.63. The summed E-state index contributed by atoms with van der Waals surface area (Å²) >= 11 is 6.19. The van der Waals surface area contributed by atoms with Crippen LogP contribution >= 0.6 is 11.6 Å². The molecule has 1 saturated heterocycles. The van der Waals surface area contributed by atoms with E-state index in [-0.39, 0.29) is 29.0 Å². The molecule has 1 unspecified atom stereocenters. The molecule has 1 atom stereocenters. The zero-order valence-electron chi connectivity index (χ0n) is 21.5. The Labute approximate surface area is 222 Å². The standard InChI is InChI=1S/C30H30ClNO5/c1-18-7-6-8-20(15-18)26-25(27(33)23-16-21(31)11-14-24(23)36-5)28(34)29(35)32(26)17-19-9-12-22(13-10-19)37-30(2,3)4/h6-16,26,33H,17H2,1-5H3/b27-25+. The van der Waals surface area contributed by atoms with Gasteiger partial charge < -0.3 is 19.5 Å². The Kier molecular flexibility index (Phi) is 7.32. The number of methoxy groups -OCH3 is 1. The second-order valence-corrected chi connectivity index (χ2v) is 10.5. The Hall–Kier alpha value is -3.77. The predicted octanol–water partition coefficient (Wildman–Crippen LogP) is 6.46. The highest BCUT2D eigenvalue weighted by Gasteiger charge is 2.46. The number of hydrogen-bond acceptors (Lipinski definition) is 5. The minimum Gasteiger partial charge on any atom is -0.507 e. The van der Waals surface area contributed by atoms with Gasteiger partial charge in [-0.25, -0.2) is 0 Å². The summed E-state index contributed by atoms with van der Waals surface area (Å²) in [6.07, 6.45) is 0. The molecule has 1 aliphatic rings. The number of carbonyl (C=O) groups is 2. The molecule has 0 radical (unpaired) electrons. The van der Waals surface area contributed by atoms with Crippen LogP contribution in [0.4, 0.5) is 0 Å². The minimum atomic E-state index is -0.797. The summed E-state index contributed by atoms with van der Waals surface area (Å²) < 4.78 is 11.3. The van der Waals surface area contributed by atoms with E-state index in [2.05, 4.69) is 0 Å². The third kappa shape index (κ3) is 5.65. The van der Waals surface area contributed by atoms with Gasteiger partial charge in [0.25, 0.3) is 11.7 Å². The number of Topliss-reactive ketones (excluding diaryl/α,β-unsaturated/α-hetero) is 1. The van der Waals surface area contributed by atoms with Gasteiger partial charge in [0.05, 0.1) is 24.3 Å². The monoisotopic (exact) mass is 519 g/mol. The molecule has 1 amide bonds. The van der Waals surface area contributed by atoms with Crippen molar-refractivity contribution in [3.8, 4) is 11.5 Å². The number of amides is 1. The zero-order chi connectivity index (χ0) is 26.9. The molecule has 3 aromatic carbocycles. The number of hydrogen-bond donors (Lipinski definition) is 1. The van der Waals surface area contributed by atoms with E-state index in [0.717, 1.165) is 16.7 Å². The first kappa shape index (κ1) is 26.3. The van der Waals surface area contributed by atoms with E-state index in [9.17, 15) is 14.7 Å². The Morgan fingerprint density at radius 3 is 2.35 bits per heavy atom. The van der Waals surface area contributed by atoms with E-state index in [1.807, 2.05) is 76.2 Å². The van der Waals surface area contributed by atoms with Crippen molar-refractivity contribution in [3.05, 3.63) is 99.6 Å². The Morgan fingerprint density at radius 2 is 1.73 bits per heavy atom. The van der Waals surface area contributed by atoms with Gasteiger partial charge in [0.2, 0.25) is 0 Å². The summed E-state index contributed by atoms with van der Waals surface area (Å²) in [4.78, 5) is 28.2. The Bertz CT molecular complexity index is 1370. The summed E-state index contributed by atoms with van der Waals surface area (Å²) in [5, 5.41) is 11.8. The Balaban J connectivity index is 1.81. The first-order chi connectivity index (χ1) is 17.5. The van der Waals surface area contributed by atoms with Crippen molar-refractivity contribution in [1.82, 2.24) is 4.90 Å². The second-order valence-electron chi connectivity index (χ2n) is 10.0. The van der Waals surface area contributed by atoms with Crippen molar-refractivity contribution in [1.29, 1.82) is 0 Å². The molecule has 1 N–H and O–H groups in total. The van der Waals surface area contributed by atoms with Crippen LogP contribution < -0.4 is 9.47 Å². The van der Waals surface area contributed by atoms with Crippen molar-refractivity contribution >= 4 is 29.1 Å². The van der Waals surface area contributed by atoms with E-state index in [1.165, 1.54) is 18.1 Å². The normalized spacial score (nSPS) is 17.2. The molecule has 0 saturated carbocycles. The van der Waals surface area contributed by atoms with E-state index >= 15 is 0 Å². The molecule has 192 valence electrons. The molecule has 1 aliphatic heterocycles. The Morgan fingerprint density at radius 1 is 1.03 bits per heavy atom. The first-order valence-electron chi connectivity index (χ1n) is 12.0. The molecule has 6 nitrogen and oxygen atoms in total. The lowest BCUT2D eigenvalue weighted by molar-refractivity contribution is -0.140. The average Bonchev–Trinajstić information content (AvgIpc) is 3.09. The van der Waals surface area contributed by atoms with Crippen LogP contribution in [0.1, 0.15) is 49.1 Å². The molecule has 37 heavy (non-hydrogen) atoms. The largest absolute Gasteiger partial charge is 0.507 e. The molecule has 1 fully saturated rings. The molecular formula is C30H30ClNO5. The summed E-state index contributed by atoms with van der Waals surface area (Å²) in [7, 11) is 1.46. The molecular weight excluding hydrogens is 490 g/mol. The molecule has 0 spiro atoms. The highest BCUT2D eigenvalue weighted by atomic mass is 35.5. The van der Waals surface area contributed by atoms with Crippen molar-refractivity contribution < 1.29 is 24.2 Å². The summed E-state index contributed by atoms with van der Waals surface area (Å²) in [5.41, 5.74) is 2.40. The smallest absolute Gasteiger partial charge is 0.295 e.